The minimum absolute atomic E-state index is 0.0918. The molecule has 0 saturated heterocycles. The van der Waals surface area contributed by atoms with E-state index >= 15 is 0 Å². The van der Waals surface area contributed by atoms with Crippen molar-refractivity contribution in [1.82, 2.24) is 0 Å². The normalized spacial score (nSPS) is 13.8. The maximum Gasteiger partial charge on any atom is 0.417 e. The van der Waals surface area contributed by atoms with Crippen molar-refractivity contribution in [2.75, 3.05) is 16.4 Å². The zero-order chi connectivity index (χ0) is 24.2. The molecule has 0 radical (unpaired) electrons. The number of nitriles is 1. The van der Waals surface area contributed by atoms with Crippen LogP contribution in [-0.2, 0) is 27.2 Å². The van der Waals surface area contributed by atoms with E-state index in [1.54, 1.807) is 12.1 Å². The van der Waals surface area contributed by atoms with Gasteiger partial charge in [-0.05, 0) is 55.7 Å². The Morgan fingerprint density at radius 2 is 1.81 bits per heavy atom. The van der Waals surface area contributed by atoms with Gasteiger partial charge in [-0.1, -0.05) is 28.1 Å². The van der Waals surface area contributed by atoms with E-state index in [4.69, 9.17) is 5.26 Å². The zero-order valence-electron chi connectivity index (χ0n) is 16.9. The number of aryl methyl sites for hydroxylation is 1. The van der Waals surface area contributed by atoms with Crippen LogP contribution in [0.4, 0.5) is 18.9 Å². The standard InChI is InChI=1S/C21H20BrF3N2O4S/c1-20(29,13-32(30,31)17-8-4-14(5-9-17)3-2-10-22)19(28)27-16-7-6-15(12-26)18(11-16)21(23,24)25/h4-9,11,29H,2-3,10,13H2,1H3,(H,27,28)/t20-/m0/s1. The number of carbonyl (C=O) groups excluding carboxylic acids is 1. The average Bonchev–Trinajstić information content (AvgIpc) is 2.71. The number of rotatable bonds is 8. The van der Waals surface area contributed by atoms with Crippen LogP contribution in [-0.4, -0.2) is 36.1 Å². The van der Waals surface area contributed by atoms with Gasteiger partial charge in [0, 0.05) is 11.0 Å². The molecule has 0 aromatic heterocycles. The predicted octanol–water partition coefficient (Wildman–Crippen LogP) is 4.07. The van der Waals surface area contributed by atoms with Crippen LogP contribution in [0, 0.1) is 11.3 Å². The van der Waals surface area contributed by atoms with Crippen LogP contribution in [0.5, 0.6) is 0 Å². The summed E-state index contributed by atoms with van der Waals surface area (Å²) < 4.78 is 64.6. The lowest BCUT2D eigenvalue weighted by Crippen LogP contribution is -2.45. The van der Waals surface area contributed by atoms with Gasteiger partial charge in [0.05, 0.1) is 27.8 Å². The Bertz CT molecular complexity index is 1130. The van der Waals surface area contributed by atoms with Gasteiger partial charge in [-0.25, -0.2) is 8.42 Å². The Morgan fingerprint density at radius 3 is 2.34 bits per heavy atom. The molecular weight excluding hydrogens is 513 g/mol. The van der Waals surface area contributed by atoms with Crippen molar-refractivity contribution in [1.29, 1.82) is 5.26 Å². The zero-order valence-corrected chi connectivity index (χ0v) is 19.3. The number of hydrogen-bond acceptors (Lipinski definition) is 5. The molecule has 0 aliphatic rings. The van der Waals surface area contributed by atoms with E-state index < -0.39 is 44.4 Å². The van der Waals surface area contributed by atoms with Crippen molar-refractivity contribution in [2.24, 2.45) is 0 Å². The lowest BCUT2D eigenvalue weighted by atomic mass is 10.1. The highest BCUT2D eigenvalue weighted by molar-refractivity contribution is 9.09. The van der Waals surface area contributed by atoms with E-state index in [2.05, 4.69) is 21.2 Å². The maximum atomic E-state index is 13.1. The molecule has 1 atom stereocenters. The van der Waals surface area contributed by atoms with Crippen molar-refractivity contribution >= 4 is 37.4 Å². The van der Waals surface area contributed by atoms with Gasteiger partial charge >= 0.3 is 6.18 Å². The van der Waals surface area contributed by atoms with Gasteiger partial charge in [0.15, 0.2) is 15.4 Å². The lowest BCUT2D eigenvalue weighted by molar-refractivity contribution is -0.137. The van der Waals surface area contributed by atoms with Crippen LogP contribution in [0.2, 0.25) is 0 Å². The number of aliphatic hydroxyl groups is 1. The van der Waals surface area contributed by atoms with Crippen LogP contribution < -0.4 is 5.32 Å². The van der Waals surface area contributed by atoms with E-state index in [1.807, 2.05) is 0 Å². The summed E-state index contributed by atoms with van der Waals surface area (Å²) in [6.07, 6.45) is -3.22. The molecule has 2 aromatic rings. The summed E-state index contributed by atoms with van der Waals surface area (Å²) in [6, 6.07) is 9.93. The average molecular weight is 533 g/mol. The molecule has 0 aliphatic heterocycles. The molecule has 0 bridgehead atoms. The van der Waals surface area contributed by atoms with Crippen molar-refractivity contribution < 1.29 is 31.5 Å². The first kappa shape index (κ1) is 25.8. The van der Waals surface area contributed by atoms with Crippen molar-refractivity contribution in [2.45, 2.75) is 36.4 Å². The molecule has 0 aliphatic carbocycles. The summed E-state index contributed by atoms with van der Waals surface area (Å²) in [5.41, 5.74) is -3.74. The van der Waals surface area contributed by atoms with Gasteiger partial charge in [-0.2, -0.15) is 18.4 Å². The fourth-order valence-electron chi connectivity index (χ4n) is 2.87. The summed E-state index contributed by atoms with van der Waals surface area (Å²) >= 11 is 3.31. The molecule has 0 heterocycles. The van der Waals surface area contributed by atoms with E-state index in [1.165, 1.54) is 18.2 Å². The fourth-order valence-corrected chi connectivity index (χ4v) is 4.74. The third kappa shape index (κ3) is 6.54. The van der Waals surface area contributed by atoms with Crippen molar-refractivity contribution in [3.8, 4) is 6.07 Å². The Balaban J connectivity index is 2.19. The third-order valence-corrected chi connectivity index (χ3v) is 7.04. The van der Waals surface area contributed by atoms with Gasteiger partial charge in [0.1, 0.15) is 0 Å². The number of hydrogen-bond donors (Lipinski definition) is 2. The minimum Gasteiger partial charge on any atom is -0.379 e. The Kier molecular flexibility index (Phi) is 8.09. The molecule has 0 spiro atoms. The molecule has 2 rings (SSSR count). The van der Waals surface area contributed by atoms with Crippen molar-refractivity contribution in [3.05, 3.63) is 59.2 Å². The van der Waals surface area contributed by atoms with Crippen LogP contribution in [0.1, 0.15) is 30.0 Å². The first-order valence-corrected chi connectivity index (χ1v) is 12.1. The topological polar surface area (TPSA) is 107 Å². The monoisotopic (exact) mass is 532 g/mol. The Labute approximate surface area is 192 Å². The Morgan fingerprint density at radius 1 is 1.19 bits per heavy atom. The quantitative estimate of drug-likeness (QED) is 0.498. The van der Waals surface area contributed by atoms with E-state index in [0.29, 0.717) is 6.07 Å². The highest BCUT2D eigenvalue weighted by Gasteiger charge is 2.38. The number of nitrogens with one attached hydrogen (secondary N) is 1. The molecule has 11 heteroatoms. The number of nitrogens with zero attached hydrogens (tertiary/aromatic N) is 1. The predicted molar refractivity (Wildman–Crippen MR) is 116 cm³/mol. The van der Waals surface area contributed by atoms with Gasteiger partial charge < -0.3 is 10.4 Å². The molecule has 172 valence electrons. The lowest BCUT2D eigenvalue weighted by Gasteiger charge is -2.22. The second-order valence-electron chi connectivity index (χ2n) is 7.29. The highest BCUT2D eigenvalue weighted by Crippen LogP contribution is 2.33. The number of halogens is 4. The maximum absolute atomic E-state index is 13.1. The van der Waals surface area contributed by atoms with Crippen LogP contribution >= 0.6 is 15.9 Å². The van der Waals surface area contributed by atoms with E-state index in [-0.39, 0.29) is 10.6 Å². The summed E-state index contributed by atoms with van der Waals surface area (Å²) in [4.78, 5) is 12.4. The van der Waals surface area contributed by atoms with E-state index in [0.717, 1.165) is 42.8 Å². The molecule has 32 heavy (non-hydrogen) atoms. The smallest absolute Gasteiger partial charge is 0.379 e. The number of sulfone groups is 1. The molecule has 2 aromatic carbocycles. The summed E-state index contributed by atoms with van der Waals surface area (Å²) in [5, 5.41) is 22.2. The molecule has 0 fully saturated rings. The van der Waals surface area contributed by atoms with Crippen LogP contribution in [0.25, 0.3) is 0 Å². The number of benzene rings is 2. The molecule has 0 saturated carbocycles. The largest absolute Gasteiger partial charge is 0.417 e. The minimum atomic E-state index is -4.83. The van der Waals surface area contributed by atoms with Gasteiger partial charge in [0.25, 0.3) is 5.91 Å². The van der Waals surface area contributed by atoms with Crippen LogP contribution in [0.15, 0.2) is 47.4 Å². The fraction of sp³-hybridized carbons (Fsp3) is 0.333. The highest BCUT2D eigenvalue weighted by atomic mass is 79.9. The first-order chi connectivity index (χ1) is 14.8. The van der Waals surface area contributed by atoms with E-state index in [9.17, 15) is 31.5 Å². The molecular formula is C21H20BrF3N2O4S. The number of anilines is 1. The molecule has 2 N–H and O–H groups in total. The number of carbonyl (C=O) groups is 1. The first-order valence-electron chi connectivity index (χ1n) is 9.33. The van der Waals surface area contributed by atoms with Crippen LogP contribution in [0.3, 0.4) is 0 Å². The molecule has 6 nitrogen and oxygen atoms in total. The molecule has 1 amide bonds. The third-order valence-electron chi connectivity index (χ3n) is 4.55. The summed E-state index contributed by atoms with van der Waals surface area (Å²) in [7, 11) is -4.08. The summed E-state index contributed by atoms with van der Waals surface area (Å²) in [5.74, 6) is -2.18. The van der Waals surface area contributed by atoms with Gasteiger partial charge in [-0.3, -0.25) is 4.79 Å². The SMILES string of the molecule is C[C@](O)(CS(=O)(=O)c1ccc(CCCBr)cc1)C(=O)Nc1ccc(C#N)c(C(F)(F)F)c1. The van der Waals surface area contributed by atoms with Gasteiger partial charge in [0.2, 0.25) is 0 Å². The second kappa shape index (κ2) is 10.0. The number of alkyl halides is 4. The number of amides is 1. The molecule has 0 unspecified atom stereocenters. The second-order valence-corrected chi connectivity index (χ2v) is 10.1. The van der Waals surface area contributed by atoms with Crippen molar-refractivity contribution in [3.63, 3.8) is 0 Å². The Hall–Kier alpha value is -2.42. The van der Waals surface area contributed by atoms with Gasteiger partial charge in [-0.15, -0.1) is 0 Å². The summed E-state index contributed by atoms with van der Waals surface area (Å²) in [6.45, 7) is 0.957.